The molecule has 0 saturated carbocycles. The minimum Gasteiger partial charge on any atom is -0.372 e. The summed E-state index contributed by atoms with van der Waals surface area (Å²) >= 11 is 0. The summed E-state index contributed by atoms with van der Waals surface area (Å²) in [6.45, 7) is 11.6. The quantitative estimate of drug-likeness (QED) is 0.448. The molecule has 0 aliphatic carbocycles. The lowest BCUT2D eigenvalue weighted by Crippen LogP contribution is -2.53. The van der Waals surface area contributed by atoms with E-state index in [4.69, 9.17) is 0 Å². The molecular weight excluding hydrogens is 522 g/mol. The van der Waals surface area contributed by atoms with Gasteiger partial charge in [0.1, 0.15) is 18.1 Å². The summed E-state index contributed by atoms with van der Waals surface area (Å²) in [6, 6.07) is 4.79. The minimum absolute atomic E-state index is 0.0866. The van der Waals surface area contributed by atoms with Crippen LogP contribution in [-0.4, -0.2) is 89.6 Å². The Balaban J connectivity index is 1.46. The third kappa shape index (κ3) is 7.08. The Labute approximate surface area is 243 Å². The van der Waals surface area contributed by atoms with Crippen molar-refractivity contribution in [1.29, 1.82) is 0 Å². The molecule has 4 amide bonds. The lowest BCUT2D eigenvalue weighted by Gasteiger charge is -2.30. The first-order valence-corrected chi connectivity index (χ1v) is 15.0. The number of hydrogen-bond acceptors (Lipinski definition) is 6. The van der Waals surface area contributed by atoms with Gasteiger partial charge in [-0.15, -0.1) is 0 Å². The Kier molecular flexibility index (Phi) is 9.71. The SMILES string of the molecule is CC(=O)NC(CC(C)C)C(=O)N1CC(=O)C2C1CCN2C(=O)C(CC(C)C)NC(=O)c1ccc(N2CCCC2)cc1. The molecule has 3 fully saturated rings. The number of hydrogen-bond donors (Lipinski definition) is 2. The molecule has 0 aromatic heterocycles. The van der Waals surface area contributed by atoms with Crippen LogP contribution in [0.4, 0.5) is 5.69 Å². The second-order valence-electron chi connectivity index (χ2n) is 12.5. The van der Waals surface area contributed by atoms with Crippen LogP contribution in [-0.2, 0) is 19.2 Å². The molecule has 0 spiro atoms. The zero-order chi connectivity index (χ0) is 29.8. The van der Waals surface area contributed by atoms with Gasteiger partial charge in [-0.2, -0.15) is 0 Å². The van der Waals surface area contributed by atoms with Crippen LogP contribution in [0.3, 0.4) is 0 Å². The normalized spacial score (nSPS) is 21.8. The average molecular weight is 568 g/mol. The van der Waals surface area contributed by atoms with E-state index in [1.807, 2.05) is 39.8 Å². The fourth-order valence-electron chi connectivity index (χ4n) is 6.43. The van der Waals surface area contributed by atoms with Crippen molar-refractivity contribution in [3.8, 4) is 0 Å². The van der Waals surface area contributed by atoms with Crippen molar-refractivity contribution in [3.63, 3.8) is 0 Å². The number of carbonyl (C=O) groups is 5. The summed E-state index contributed by atoms with van der Waals surface area (Å²) in [5.74, 6) is -1.09. The molecule has 4 unspecified atom stereocenters. The summed E-state index contributed by atoms with van der Waals surface area (Å²) in [6.07, 6.45) is 3.71. The van der Waals surface area contributed by atoms with Crippen LogP contribution < -0.4 is 15.5 Å². The second-order valence-corrected chi connectivity index (χ2v) is 12.5. The molecule has 10 nitrogen and oxygen atoms in total. The van der Waals surface area contributed by atoms with Gasteiger partial charge in [0.25, 0.3) is 5.91 Å². The number of nitrogens with one attached hydrogen (secondary N) is 2. The summed E-state index contributed by atoms with van der Waals surface area (Å²) in [5, 5.41) is 5.68. The highest BCUT2D eigenvalue weighted by atomic mass is 16.2. The first-order valence-electron chi connectivity index (χ1n) is 15.0. The van der Waals surface area contributed by atoms with E-state index in [0.717, 1.165) is 18.8 Å². The molecule has 2 N–H and O–H groups in total. The van der Waals surface area contributed by atoms with Gasteiger partial charge in [0, 0.05) is 37.8 Å². The van der Waals surface area contributed by atoms with Crippen LogP contribution in [0.1, 0.15) is 77.1 Å². The van der Waals surface area contributed by atoms with Crippen LogP contribution in [0.2, 0.25) is 0 Å². The minimum atomic E-state index is -0.787. The van der Waals surface area contributed by atoms with E-state index in [-0.39, 0.29) is 47.8 Å². The van der Waals surface area contributed by atoms with Crippen molar-refractivity contribution < 1.29 is 24.0 Å². The molecule has 3 aliphatic rings. The maximum atomic E-state index is 13.9. The zero-order valence-corrected chi connectivity index (χ0v) is 25.0. The standard InChI is InChI=1S/C31H45N5O5/c1-19(2)16-24(32-21(5)37)31(41)36-18-27(38)28-26(36)12-15-35(28)30(40)25(17-20(3)4)33-29(39)22-8-10-23(11-9-22)34-13-6-7-14-34/h8-11,19-20,24-26,28H,6-7,12-18H2,1-5H3,(H,32,37)(H,33,39). The van der Waals surface area contributed by atoms with Gasteiger partial charge in [-0.05, 0) is 68.2 Å². The fourth-order valence-corrected chi connectivity index (χ4v) is 6.43. The van der Waals surface area contributed by atoms with Crippen molar-refractivity contribution in [2.75, 3.05) is 31.1 Å². The Morgan fingerprint density at radius 3 is 1.95 bits per heavy atom. The van der Waals surface area contributed by atoms with Gasteiger partial charge in [-0.3, -0.25) is 24.0 Å². The van der Waals surface area contributed by atoms with Crippen LogP contribution in [0.15, 0.2) is 24.3 Å². The lowest BCUT2D eigenvalue weighted by atomic mass is 10.0. The lowest BCUT2D eigenvalue weighted by molar-refractivity contribution is -0.138. The van der Waals surface area contributed by atoms with Gasteiger partial charge >= 0.3 is 0 Å². The maximum Gasteiger partial charge on any atom is 0.251 e. The zero-order valence-electron chi connectivity index (χ0n) is 25.0. The highest BCUT2D eigenvalue weighted by molar-refractivity contribution is 6.01. The topological polar surface area (TPSA) is 119 Å². The number of anilines is 1. The smallest absolute Gasteiger partial charge is 0.251 e. The number of ketones is 1. The molecule has 3 heterocycles. The number of Topliss-reactive ketones (excluding diaryl/α,β-unsaturated/α-hetero) is 1. The van der Waals surface area contributed by atoms with E-state index < -0.39 is 24.2 Å². The van der Waals surface area contributed by atoms with E-state index >= 15 is 0 Å². The second kappa shape index (κ2) is 13.0. The fraction of sp³-hybridized carbons (Fsp3) is 0.645. The summed E-state index contributed by atoms with van der Waals surface area (Å²) in [7, 11) is 0. The third-order valence-corrected chi connectivity index (χ3v) is 8.28. The number of likely N-dealkylation sites (tertiary alicyclic amines) is 2. The predicted molar refractivity (Wildman–Crippen MR) is 156 cm³/mol. The molecule has 10 heteroatoms. The molecule has 224 valence electrons. The van der Waals surface area contributed by atoms with Crippen LogP contribution in [0.25, 0.3) is 0 Å². The molecule has 4 rings (SSSR count). The molecule has 4 atom stereocenters. The van der Waals surface area contributed by atoms with E-state index in [1.165, 1.54) is 19.8 Å². The third-order valence-electron chi connectivity index (χ3n) is 8.28. The largest absolute Gasteiger partial charge is 0.372 e. The average Bonchev–Trinajstić information content (AvgIpc) is 3.66. The molecular formula is C31H45N5O5. The monoisotopic (exact) mass is 567 g/mol. The Morgan fingerprint density at radius 2 is 1.39 bits per heavy atom. The van der Waals surface area contributed by atoms with Crippen molar-refractivity contribution in [2.24, 2.45) is 11.8 Å². The van der Waals surface area contributed by atoms with E-state index in [1.54, 1.807) is 21.9 Å². The van der Waals surface area contributed by atoms with Gasteiger partial charge < -0.3 is 25.3 Å². The highest BCUT2D eigenvalue weighted by Crippen LogP contribution is 2.32. The Bertz CT molecular complexity index is 1140. The van der Waals surface area contributed by atoms with Gasteiger partial charge in [-0.25, -0.2) is 0 Å². The highest BCUT2D eigenvalue weighted by Gasteiger charge is 2.53. The summed E-state index contributed by atoms with van der Waals surface area (Å²) in [4.78, 5) is 70.9. The van der Waals surface area contributed by atoms with Gasteiger partial charge in [0.2, 0.25) is 17.7 Å². The molecule has 1 aromatic rings. The molecule has 1 aromatic carbocycles. The molecule has 0 bridgehead atoms. The number of fused-ring (bicyclic) bond motifs is 1. The molecule has 0 radical (unpaired) electrons. The van der Waals surface area contributed by atoms with Crippen molar-refractivity contribution in [1.82, 2.24) is 20.4 Å². The number of rotatable bonds is 10. The van der Waals surface area contributed by atoms with E-state index in [2.05, 4.69) is 15.5 Å². The summed E-state index contributed by atoms with van der Waals surface area (Å²) < 4.78 is 0. The van der Waals surface area contributed by atoms with Crippen molar-refractivity contribution in [3.05, 3.63) is 29.8 Å². The van der Waals surface area contributed by atoms with Crippen molar-refractivity contribution >= 4 is 35.1 Å². The van der Waals surface area contributed by atoms with E-state index in [0.29, 0.717) is 31.4 Å². The number of nitrogens with zero attached hydrogens (tertiary/aromatic N) is 3. The number of benzene rings is 1. The van der Waals surface area contributed by atoms with Gasteiger partial charge in [-0.1, -0.05) is 27.7 Å². The number of carbonyl (C=O) groups excluding carboxylic acids is 5. The van der Waals surface area contributed by atoms with Crippen LogP contribution in [0, 0.1) is 11.8 Å². The molecule has 3 aliphatic heterocycles. The van der Waals surface area contributed by atoms with E-state index in [9.17, 15) is 24.0 Å². The predicted octanol–water partition coefficient (Wildman–Crippen LogP) is 2.36. The Morgan fingerprint density at radius 1 is 0.829 bits per heavy atom. The first-order chi connectivity index (χ1) is 19.5. The summed E-state index contributed by atoms with van der Waals surface area (Å²) in [5.41, 5.74) is 1.57. The molecule has 3 saturated heterocycles. The van der Waals surface area contributed by atoms with Crippen LogP contribution >= 0.6 is 0 Å². The van der Waals surface area contributed by atoms with Gasteiger partial charge in [0.05, 0.1) is 12.6 Å². The maximum absolute atomic E-state index is 13.9. The van der Waals surface area contributed by atoms with Crippen molar-refractivity contribution in [2.45, 2.75) is 90.9 Å². The molecule has 41 heavy (non-hydrogen) atoms. The van der Waals surface area contributed by atoms with Gasteiger partial charge in [0.15, 0.2) is 5.78 Å². The Hall–Kier alpha value is -3.43. The van der Waals surface area contributed by atoms with Crippen LogP contribution in [0.5, 0.6) is 0 Å². The number of amides is 4. The first kappa shape index (κ1) is 30.5.